The molecule has 0 bridgehead atoms. The van der Waals surface area contributed by atoms with E-state index in [-0.39, 0.29) is 6.04 Å². The van der Waals surface area contributed by atoms with Gasteiger partial charge in [0.1, 0.15) is 0 Å². The Kier molecular flexibility index (Phi) is 2.93. The fourth-order valence-corrected chi connectivity index (χ4v) is 2.79. The second kappa shape index (κ2) is 4.21. The molecule has 1 heterocycles. The fourth-order valence-electron chi connectivity index (χ4n) is 1.79. The predicted molar refractivity (Wildman–Crippen MR) is 68.7 cm³/mol. The highest BCUT2D eigenvalue weighted by molar-refractivity contribution is 7.17. The van der Waals surface area contributed by atoms with Crippen LogP contribution in [0, 0.1) is 0 Å². The molecule has 0 aliphatic heterocycles. The van der Waals surface area contributed by atoms with E-state index in [2.05, 4.69) is 41.6 Å². The largest absolute Gasteiger partial charge is 0.372 e. The molecule has 0 saturated carbocycles. The molecule has 2 N–H and O–H groups in total. The van der Waals surface area contributed by atoms with Crippen LogP contribution in [0.25, 0.3) is 10.1 Å². The van der Waals surface area contributed by atoms with Crippen LogP contribution in [0.2, 0.25) is 0 Å². The van der Waals surface area contributed by atoms with Crippen molar-refractivity contribution in [1.29, 1.82) is 0 Å². The molecule has 0 fully saturated rings. The minimum Gasteiger partial charge on any atom is -0.372 e. The van der Waals surface area contributed by atoms with E-state index in [0.29, 0.717) is 0 Å². The van der Waals surface area contributed by atoms with Crippen LogP contribution >= 0.6 is 11.3 Å². The van der Waals surface area contributed by atoms with Crippen molar-refractivity contribution in [3.63, 3.8) is 0 Å². The zero-order chi connectivity index (χ0) is 10.8. The van der Waals surface area contributed by atoms with E-state index in [1.165, 1.54) is 15.8 Å². The first-order chi connectivity index (χ1) is 7.18. The highest BCUT2D eigenvalue weighted by atomic mass is 32.1. The van der Waals surface area contributed by atoms with Gasteiger partial charge in [0, 0.05) is 35.1 Å². The summed E-state index contributed by atoms with van der Waals surface area (Å²) in [6.07, 6.45) is 0. The summed E-state index contributed by atoms with van der Waals surface area (Å²) in [5.41, 5.74) is 7.09. The van der Waals surface area contributed by atoms with Crippen molar-refractivity contribution in [3.05, 3.63) is 29.6 Å². The standard InChI is InChI=1S/C12H16N2S/c1-9(13)7-14(2)11-8-15-12-6-4-3-5-10(11)12/h3-6,8-9H,7,13H2,1-2H3. The summed E-state index contributed by atoms with van der Waals surface area (Å²) in [7, 11) is 2.10. The van der Waals surface area contributed by atoms with E-state index in [0.717, 1.165) is 6.54 Å². The van der Waals surface area contributed by atoms with Crippen LogP contribution in [-0.4, -0.2) is 19.6 Å². The molecule has 2 aromatic rings. The van der Waals surface area contributed by atoms with E-state index in [4.69, 9.17) is 5.73 Å². The quantitative estimate of drug-likeness (QED) is 0.861. The minimum absolute atomic E-state index is 0.202. The highest BCUT2D eigenvalue weighted by Gasteiger charge is 2.08. The minimum atomic E-state index is 0.202. The Bertz CT molecular complexity index is 448. The lowest BCUT2D eigenvalue weighted by molar-refractivity contribution is 0.719. The van der Waals surface area contributed by atoms with Crippen molar-refractivity contribution in [2.45, 2.75) is 13.0 Å². The molecular formula is C12H16N2S. The van der Waals surface area contributed by atoms with Gasteiger partial charge in [-0.3, -0.25) is 0 Å². The number of anilines is 1. The smallest absolute Gasteiger partial charge is 0.0552 e. The van der Waals surface area contributed by atoms with E-state index >= 15 is 0 Å². The van der Waals surface area contributed by atoms with Gasteiger partial charge in [-0.25, -0.2) is 0 Å². The average Bonchev–Trinajstić information content (AvgIpc) is 2.59. The van der Waals surface area contributed by atoms with Gasteiger partial charge in [0.15, 0.2) is 0 Å². The maximum absolute atomic E-state index is 5.81. The van der Waals surface area contributed by atoms with Crippen molar-refractivity contribution in [3.8, 4) is 0 Å². The van der Waals surface area contributed by atoms with Gasteiger partial charge in [0.2, 0.25) is 0 Å². The van der Waals surface area contributed by atoms with Crippen LogP contribution in [0.5, 0.6) is 0 Å². The summed E-state index contributed by atoms with van der Waals surface area (Å²) in [6, 6.07) is 8.68. The topological polar surface area (TPSA) is 29.3 Å². The van der Waals surface area contributed by atoms with Crippen LogP contribution < -0.4 is 10.6 Å². The van der Waals surface area contributed by atoms with Gasteiger partial charge in [0.05, 0.1) is 5.69 Å². The molecule has 0 saturated heterocycles. The molecule has 0 radical (unpaired) electrons. The van der Waals surface area contributed by atoms with Crippen LogP contribution in [0.3, 0.4) is 0 Å². The Balaban J connectivity index is 2.35. The molecule has 1 aromatic heterocycles. The number of hydrogen-bond acceptors (Lipinski definition) is 3. The fraction of sp³-hybridized carbons (Fsp3) is 0.333. The first kappa shape index (κ1) is 10.5. The third kappa shape index (κ3) is 2.13. The maximum Gasteiger partial charge on any atom is 0.0552 e. The molecule has 0 aliphatic carbocycles. The molecule has 80 valence electrons. The molecular weight excluding hydrogens is 204 g/mol. The molecule has 1 atom stereocenters. The number of thiophene rings is 1. The van der Waals surface area contributed by atoms with Crippen LogP contribution in [0.15, 0.2) is 29.6 Å². The zero-order valence-electron chi connectivity index (χ0n) is 9.10. The second-order valence-corrected chi connectivity index (χ2v) is 4.89. The lowest BCUT2D eigenvalue weighted by atomic mass is 10.2. The van der Waals surface area contributed by atoms with E-state index in [9.17, 15) is 0 Å². The molecule has 0 amide bonds. The van der Waals surface area contributed by atoms with Crippen LogP contribution in [0.1, 0.15) is 6.92 Å². The molecule has 3 heteroatoms. The summed E-state index contributed by atoms with van der Waals surface area (Å²) >= 11 is 1.79. The van der Waals surface area contributed by atoms with E-state index in [1.54, 1.807) is 11.3 Å². The van der Waals surface area contributed by atoms with Crippen molar-refractivity contribution in [1.82, 2.24) is 0 Å². The van der Waals surface area contributed by atoms with Gasteiger partial charge >= 0.3 is 0 Å². The summed E-state index contributed by atoms with van der Waals surface area (Å²) in [4.78, 5) is 2.23. The Morgan fingerprint density at radius 3 is 2.87 bits per heavy atom. The lowest BCUT2D eigenvalue weighted by Gasteiger charge is -2.20. The average molecular weight is 220 g/mol. The number of rotatable bonds is 3. The van der Waals surface area contributed by atoms with Gasteiger partial charge in [-0.2, -0.15) is 0 Å². The van der Waals surface area contributed by atoms with Gasteiger partial charge in [0.25, 0.3) is 0 Å². The third-order valence-corrected chi connectivity index (χ3v) is 3.38. The maximum atomic E-state index is 5.81. The summed E-state index contributed by atoms with van der Waals surface area (Å²) in [5.74, 6) is 0. The Hall–Kier alpha value is -1.06. The number of nitrogens with zero attached hydrogens (tertiary/aromatic N) is 1. The number of hydrogen-bond donors (Lipinski definition) is 1. The molecule has 0 spiro atoms. The lowest BCUT2D eigenvalue weighted by Crippen LogP contribution is -2.32. The zero-order valence-corrected chi connectivity index (χ0v) is 9.92. The third-order valence-electron chi connectivity index (χ3n) is 2.43. The number of fused-ring (bicyclic) bond motifs is 1. The first-order valence-electron chi connectivity index (χ1n) is 5.11. The van der Waals surface area contributed by atoms with Gasteiger partial charge in [-0.05, 0) is 13.0 Å². The van der Waals surface area contributed by atoms with Crippen LogP contribution in [-0.2, 0) is 0 Å². The molecule has 1 aromatic carbocycles. The first-order valence-corrected chi connectivity index (χ1v) is 5.99. The second-order valence-electron chi connectivity index (χ2n) is 3.97. The summed E-state index contributed by atoms with van der Waals surface area (Å²) in [5, 5.41) is 3.53. The SMILES string of the molecule is CC(N)CN(C)c1csc2ccccc12. The van der Waals surface area contributed by atoms with Gasteiger partial charge in [-0.15, -0.1) is 11.3 Å². The number of likely N-dealkylation sites (N-methyl/N-ethyl adjacent to an activating group) is 1. The molecule has 2 nitrogen and oxygen atoms in total. The van der Waals surface area contributed by atoms with Crippen molar-refractivity contribution < 1.29 is 0 Å². The van der Waals surface area contributed by atoms with E-state index in [1.807, 2.05) is 6.92 Å². The normalized spacial score (nSPS) is 13.0. The van der Waals surface area contributed by atoms with Crippen LogP contribution in [0.4, 0.5) is 5.69 Å². The molecule has 15 heavy (non-hydrogen) atoms. The van der Waals surface area contributed by atoms with Crippen molar-refractivity contribution >= 4 is 27.1 Å². The van der Waals surface area contributed by atoms with E-state index < -0.39 is 0 Å². The molecule has 2 rings (SSSR count). The summed E-state index contributed by atoms with van der Waals surface area (Å²) in [6.45, 7) is 2.92. The van der Waals surface area contributed by atoms with Gasteiger partial charge < -0.3 is 10.6 Å². The summed E-state index contributed by atoms with van der Waals surface area (Å²) < 4.78 is 1.34. The van der Waals surface area contributed by atoms with Gasteiger partial charge in [-0.1, -0.05) is 18.2 Å². The van der Waals surface area contributed by atoms with Crippen molar-refractivity contribution in [2.75, 3.05) is 18.5 Å². The Morgan fingerprint density at radius 1 is 1.40 bits per heavy atom. The molecule has 0 aliphatic rings. The Labute approximate surface area is 94.3 Å². The Morgan fingerprint density at radius 2 is 2.13 bits per heavy atom. The predicted octanol–water partition coefficient (Wildman–Crippen LogP) is 2.68. The number of benzene rings is 1. The van der Waals surface area contributed by atoms with Crippen molar-refractivity contribution in [2.24, 2.45) is 5.73 Å². The molecule has 1 unspecified atom stereocenters. The number of nitrogens with two attached hydrogens (primary N) is 1. The highest BCUT2D eigenvalue weighted by Crippen LogP contribution is 2.31. The monoisotopic (exact) mass is 220 g/mol.